The topological polar surface area (TPSA) is 139 Å². The Balaban J connectivity index is 2.05. The van der Waals surface area contributed by atoms with Crippen LogP contribution in [0.4, 0.5) is 0 Å². The van der Waals surface area contributed by atoms with Crippen LogP contribution in [0.2, 0.25) is 0 Å². The van der Waals surface area contributed by atoms with Crippen molar-refractivity contribution < 1.29 is 9.21 Å². The maximum absolute atomic E-state index is 12.9. The molecule has 0 atom stereocenters. The van der Waals surface area contributed by atoms with Crippen molar-refractivity contribution in [1.29, 1.82) is 0 Å². The summed E-state index contributed by atoms with van der Waals surface area (Å²) >= 11 is 4.82. The number of aromatic nitrogens is 5. The van der Waals surface area contributed by atoms with E-state index in [4.69, 9.17) is 16.6 Å². The average Bonchev–Trinajstić information content (AvgIpc) is 3.08. The van der Waals surface area contributed by atoms with E-state index in [1.807, 2.05) is 27.7 Å². The summed E-state index contributed by atoms with van der Waals surface area (Å²) in [6.07, 6.45) is 0.327. The number of amides is 1. The molecule has 0 saturated heterocycles. The highest BCUT2D eigenvalue weighted by Crippen LogP contribution is 2.20. The van der Waals surface area contributed by atoms with Gasteiger partial charge >= 0.3 is 5.69 Å². The minimum Gasteiger partial charge on any atom is -0.414 e. The van der Waals surface area contributed by atoms with E-state index in [2.05, 4.69) is 25.5 Å². The number of carbonyl (C=O) groups excluding carboxylic acids is 1. The molecule has 0 radical (unpaired) electrons. The lowest BCUT2D eigenvalue weighted by molar-refractivity contribution is 0.0955. The van der Waals surface area contributed by atoms with Crippen molar-refractivity contribution in [2.45, 2.75) is 46.6 Å². The second-order valence-electron chi connectivity index (χ2n) is 7.72. The van der Waals surface area contributed by atoms with Crippen molar-refractivity contribution in [3.8, 4) is 0 Å². The van der Waals surface area contributed by atoms with Crippen molar-refractivity contribution in [2.75, 3.05) is 6.54 Å². The molecule has 0 aliphatic heterocycles. The average molecular weight is 433 g/mol. The van der Waals surface area contributed by atoms with Gasteiger partial charge in [-0.25, -0.2) is 14.9 Å². The van der Waals surface area contributed by atoms with Gasteiger partial charge in [0, 0.05) is 25.2 Å². The van der Waals surface area contributed by atoms with Crippen LogP contribution in [0.15, 0.2) is 20.1 Å². The molecular weight excluding hydrogens is 408 g/mol. The van der Waals surface area contributed by atoms with Gasteiger partial charge in [-0.3, -0.25) is 19.1 Å². The Morgan fingerprint density at radius 3 is 2.63 bits per heavy atom. The predicted molar refractivity (Wildman–Crippen MR) is 113 cm³/mol. The smallest absolute Gasteiger partial charge is 0.330 e. The Kier molecular flexibility index (Phi) is 6.30. The van der Waals surface area contributed by atoms with E-state index in [1.54, 1.807) is 6.07 Å². The fraction of sp³-hybridized carbons (Fsp3) is 0.474. The fourth-order valence-corrected chi connectivity index (χ4v) is 3.19. The summed E-state index contributed by atoms with van der Waals surface area (Å²) in [5.41, 5.74) is -0.174. The number of hydrogen-bond acceptors (Lipinski definition) is 7. The van der Waals surface area contributed by atoms with Crippen LogP contribution in [0.5, 0.6) is 0 Å². The molecule has 0 aromatic carbocycles. The molecule has 3 rings (SSSR count). The van der Waals surface area contributed by atoms with Crippen molar-refractivity contribution in [3.63, 3.8) is 0 Å². The molecular formula is C19H24N6O4S. The van der Waals surface area contributed by atoms with Crippen molar-refractivity contribution in [2.24, 2.45) is 5.92 Å². The van der Waals surface area contributed by atoms with Crippen LogP contribution in [0.3, 0.4) is 0 Å². The number of fused-ring (bicyclic) bond motifs is 1. The quantitative estimate of drug-likeness (QED) is 0.485. The Hall–Kier alpha value is -3.08. The number of carbonyl (C=O) groups is 1. The maximum Gasteiger partial charge on any atom is 0.330 e. The van der Waals surface area contributed by atoms with E-state index < -0.39 is 17.2 Å². The molecule has 0 spiro atoms. The van der Waals surface area contributed by atoms with E-state index in [0.29, 0.717) is 24.6 Å². The summed E-state index contributed by atoms with van der Waals surface area (Å²) in [5, 5.41) is 9.26. The van der Waals surface area contributed by atoms with Gasteiger partial charge in [-0.1, -0.05) is 27.7 Å². The summed E-state index contributed by atoms with van der Waals surface area (Å²) in [5.74, 6) is 0.0617. The molecule has 1 amide bonds. The van der Waals surface area contributed by atoms with Crippen LogP contribution in [-0.4, -0.2) is 37.2 Å². The molecule has 3 N–H and O–H groups in total. The minimum atomic E-state index is -0.638. The molecule has 11 heteroatoms. The summed E-state index contributed by atoms with van der Waals surface area (Å²) < 4.78 is 6.59. The fourth-order valence-electron chi connectivity index (χ4n) is 3.05. The van der Waals surface area contributed by atoms with Gasteiger partial charge in [-0.05, 0) is 30.1 Å². The van der Waals surface area contributed by atoms with Crippen LogP contribution in [-0.2, 0) is 13.0 Å². The Bertz CT molecular complexity index is 1250. The number of rotatable bonds is 7. The molecule has 0 aliphatic rings. The molecule has 0 saturated carbocycles. The zero-order valence-corrected chi connectivity index (χ0v) is 18.1. The first-order valence-corrected chi connectivity index (χ1v) is 10.1. The highest BCUT2D eigenvalue weighted by Gasteiger charge is 2.20. The lowest BCUT2D eigenvalue weighted by Crippen LogP contribution is -2.34. The van der Waals surface area contributed by atoms with E-state index in [-0.39, 0.29) is 39.8 Å². The molecule has 30 heavy (non-hydrogen) atoms. The van der Waals surface area contributed by atoms with E-state index >= 15 is 0 Å². The molecule has 0 aliphatic carbocycles. The second-order valence-corrected chi connectivity index (χ2v) is 8.10. The Morgan fingerprint density at radius 2 is 2.03 bits per heavy atom. The highest BCUT2D eigenvalue weighted by atomic mass is 32.1. The molecule has 3 aromatic rings. The van der Waals surface area contributed by atoms with Gasteiger partial charge in [-0.2, -0.15) is 0 Å². The number of nitrogens with zero attached hydrogens (tertiary/aromatic N) is 3. The van der Waals surface area contributed by atoms with Gasteiger partial charge in [0.2, 0.25) is 5.89 Å². The van der Waals surface area contributed by atoms with Crippen LogP contribution >= 0.6 is 12.2 Å². The zero-order chi connectivity index (χ0) is 22.0. The Labute approximate surface area is 176 Å². The van der Waals surface area contributed by atoms with Gasteiger partial charge in [0.1, 0.15) is 0 Å². The first kappa shape index (κ1) is 21.6. The largest absolute Gasteiger partial charge is 0.414 e. The standard InChI is InChI=1S/C19H24N6O4S/c1-9(2)8-25-15-14(17(27)22-18(25)28)11(7-12(21-15)10(3)4)16(26)20-6-5-13-23-24-19(30)29-13/h7,9-10H,5-6,8H2,1-4H3,(H,20,26)(H,24,30)(H,22,27,28). The first-order chi connectivity index (χ1) is 14.2. The minimum absolute atomic E-state index is 0.00355. The van der Waals surface area contributed by atoms with E-state index in [9.17, 15) is 14.4 Å². The van der Waals surface area contributed by atoms with Crippen molar-refractivity contribution >= 4 is 29.2 Å². The van der Waals surface area contributed by atoms with E-state index in [1.165, 1.54) is 4.57 Å². The Morgan fingerprint density at radius 1 is 1.30 bits per heavy atom. The lowest BCUT2D eigenvalue weighted by Gasteiger charge is -2.15. The van der Waals surface area contributed by atoms with Crippen LogP contribution in [0, 0.1) is 10.8 Å². The second kappa shape index (κ2) is 8.74. The van der Waals surface area contributed by atoms with Crippen LogP contribution in [0.1, 0.15) is 55.6 Å². The molecule has 3 aromatic heterocycles. The molecule has 0 unspecified atom stereocenters. The molecule has 10 nitrogen and oxygen atoms in total. The summed E-state index contributed by atoms with van der Waals surface area (Å²) in [4.78, 5) is 45.0. The number of nitrogens with one attached hydrogen (secondary N) is 3. The number of aromatic amines is 2. The zero-order valence-electron chi connectivity index (χ0n) is 17.2. The van der Waals surface area contributed by atoms with Gasteiger partial charge in [0.05, 0.1) is 10.9 Å². The SMILES string of the molecule is CC(C)Cn1c(=O)[nH]c(=O)c2c(C(=O)NCCc3n[nH]c(=S)o3)cc(C(C)C)nc21. The summed E-state index contributed by atoms with van der Waals surface area (Å²) in [6, 6.07) is 1.60. The third-order valence-electron chi connectivity index (χ3n) is 4.46. The highest BCUT2D eigenvalue weighted by molar-refractivity contribution is 7.71. The van der Waals surface area contributed by atoms with Crippen LogP contribution < -0.4 is 16.6 Å². The van der Waals surface area contributed by atoms with Gasteiger partial charge in [0.25, 0.3) is 16.3 Å². The maximum atomic E-state index is 12.9. The third kappa shape index (κ3) is 4.56. The third-order valence-corrected chi connectivity index (χ3v) is 4.63. The van der Waals surface area contributed by atoms with Gasteiger partial charge in [-0.15, -0.1) is 5.10 Å². The predicted octanol–water partition coefficient (Wildman–Crippen LogP) is 1.88. The number of hydrogen-bond donors (Lipinski definition) is 3. The molecule has 0 bridgehead atoms. The van der Waals surface area contributed by atoms with Crippen molar-refractivity contribution in [3.05, 3.63) is 48.9 Å². The first-order valence-electron chi connectivity index (χ1n) is 9.67. The van der Waals surface area contributed by atoms with Crippen LogP contribution in [0.25, 0.3) is 11.0 Å². The number of H-pyrrole nitrogens is 2. The van der Waals surface area contributed by atoms with E-state index in [0.717, 1.165) is 0 Å². The molecule has 160 valence electrons. The monoisotopic (exact) mass is 432 g/mol. The molecule has 0 fully saturated rings. The van der Waals surface area contributed by atoms with Crippen molar-refractivity contribution in [1.82, 2.24) is 30.0 Å². The lowest BCUT2D eigenvalue weighted by atomic mass is 10.0. The van der Waals surface area contributed by atoms with Gasteiger partial charge < -0.3 is 9.73 Å². The normalized spacial score (nSPS) is 11.5. The molecule has 3 heterocycles. The summed E-state index contributed by atoms with van der Waals surface area (Å²) in [6.45, 7) is 8.37. The number of pyridine rings is 1. The van der Waals surface area contributed by atoms with Gasteiger partial charge in [0.15, 0.2) is 5.65 Å². The summed E-state index contributed by atoms with van der Waals surface area (Å²) in [7, 11) is 0.